The molecule has 0 N–H and O–H groups in total. The lowest BCUT2D eigenvalue weighted by atomic mass is 10.0. The van der Waals surface area contributed by atoms with Crippen LogP contribution >= 0.6 is 0 Å². The molecule has 0 aliphatic carbocycles. The van der Waals surface area contributed by atoms with Gasteiger partial charge in [0.1, 0.15) is 6.23 Å². The maximum Gasteiger partial charge on any atom is 0.136 e. The van der Waals surface area contributed by atoms with Gasteiger partial charge in [0.2, 0.25) is 0 Å². The maximum atomic E-state index is 11.4. The Morgan fingerprint density at radius 3 is 2.64 bits per heavy atom. The first kappa shape index (κ1) is 8.97. The summed E-state index contributed by atoms with van der Waals surface area (Å²) in [6, 6.07) is 0. The van der Waals surface area contributed by atoms with Crippen molar-refractivity contribution in [2.24, 2.45) is 0 Å². The lowest BCUT2D eigenvalue weighted by Crippen LogP contribution is -2.40. The van der Waals surface area contributed by atoms with E-state index in [1.54, 1.807) is 0 Å². The van der Waals surface area contributed by atoms with Crippen molar-refractivity contribution >= 4 is 0 Å². The van der Waals surface area contributed by atoms with E-state index in [0.717, 1.165) is 17.9 Å². The highest BCUT2D eigenvalue weighted by Gasteiger charge is 2.40. The average Bonchev–Trinajstić information content (AvgIpc) is 2.17. The molecule has 1 saturated heterocycles. The van der Waals surface area contributed by atoms with Gasteiger partial charge in [-0.05, 0) is 33.6 Å². The Labute approximate surface area is 67.9 Å². The van der Waals surface area contributed by atoms with Gasteiger partial charge < -0.3 is 4.74 Å². The van der Waals surface area contributed by atoms with Crippen LogP contribution in [0.15, 0.2) is 0 Å². The molecule has 1 atom stereocenters. The summed E-state index contributed by atoms with van der Waals surface area (Å²) >= 11 is 0. The molecule has 0 aromatic heterocycles. The fourth-order valence-electron chi connectivity index (χ4n) is 1.44. The minimum Gasteiger partial charge on any atom is -0.361 e. The molecule has 1 aliphatic rings. The van der Waals surface area contributed by atoms with E-state index in [1.807, 2.05) is 20.8 Å². The molecule has 3 heteroatoms. The first-order valence-corrected chi connectivity index (χ1v) is 4.16. The van der Waals surface area contributed by atoms with Crippen LogP contribution in [0.25, 0.3) is 0 Å². The molecule has 0 bridgehead atoms. The SMILES string of the molecule is CCOC1CCC(C)(C)N1[O]. The Balaban J connectivity index is 2.49. The number of hydrogen-bond donors (Lipinski definition) is 0. The highest BCUT2D eigenvalue weighted by Crippen LogP contribution is 2.31. The van der Waals surface area contributed by atoms with Crippen LogP contribution in [0.4, 0.5) is 0 Å². The van der Waals surface area contributed by atoms with Gasteiger partial charge in [-0.25, -0.2) is 0 Å². The highest BCUT2D eigenvalue weighted by molar-refractivity contribution is 4.85. The van der Waals surface area contributed by atoms with Crippen molar-refractivity contribution in [1.82, 2.24) is 5.06 Å². The van der Waals surface area contributed by atoms with E-state index in [2.05, 4.69) is 0 Å². The summed E-state index contributed by atoms with van der Waals surface area (Å²) in [4.78, 5) is 0. The van der Waals surface area contributed by atoms with Gasteiger partial charge in [0.25, 0.3) is 0 Å². The summed E-state index contributed by atoms with van der Waals surface area (Å²) in [6.45, 7) is 6.46. The molecule has 1 unspecified atom stereocenters. The molecule has 1 rings (SSSR count). The van der Waals surface area contributed by atoms with Crippen molar-refractivity contribution in [1.29, 1.82) is 0 Å². The Kier molecular flexibility index (Phi) is 2.52. The zero-order valence-electron chi connectivity index (χ0n) is 7.46. The van der Waals surface area contributed by atoms with Gasteiger partial charge in [-0.3, -0.25) is 0 Å². The molecule has 0 aromatic rings. The van der Waals surface area contributed by atoms with E-state index < -0.39 is 0 Å². The predicted molar refractivity (Wildman–Crippen MR) is 41.3 cm³/mol. The summed E-state index contributed by atoms with van der Waals surface area (Å²) < 4.78 is 5.26. The normalized spacial score (nSPS) is 31.1. The molecule has 1 aliphatic heterocycles. The number of hydroxylamine groups is 2. The lowest BCUT2D eigenvalue weighted by Gasteiger charge is -2.26. The van der Waals surface area contributed by atoms with Gasteiger partial charge in [0, 0.05) is 12.1 Å². The molecular weight excluding hydrogens is 142 g/mol. The van der Waals surface area contributed by atoms with Crippen LogP contribution < -0.4 is 0 Å². The minimum absolute atomic E-state index is 0.199. The Hall–Kier alpha value is -0.120. The van der Waals surface area contributed by atoms with Crippen LogP contribution in [0.2, 0.25) is 0 Å². The van der Waals surface area contributed by atoms with Gasteiger partial charge in [0.05, 0.1) is 0 Å². The zero-order chi connectivity index (χ0) is 8.48. The molecule has 0 saturated carbocycles. The third-order valence-electron chi connectivity index (χ3n) is 2.22. The van der Waals surface area contributed by atoms with Crippen molar-refractivity contribution in [2.75, 3.05) is 6.61 Å². The van der Waals surface area contributed by atoms with E-state index in [1.165, 1.54) is 0 Å². The van der Waals surface area contributed by atoms with E-state index in [0.29, 0.717) is 6.61 Å². The molecule has 3 nitrogen and oxygen atoms in total. The lowest BCUT2D eigenvalue weighted by molar-refractivity contribution is -0.275. The second kappa shape index (κ2) is 3.09. The van der Waals surface area contributed by atoms with Crippen LogP contribution in [0.1, 0.15) is 33.6 Å². The quantitative estimate of drug-likeness (QED) is 0.611. The van der Waals surface area contributed by atoms with Gasteiger partial charge in [-0.2, -0.15) is 0 Å². The van der Waals surface area contributed by atoms with E-state index in [-0.39, 0.29) is 11.8 Å². The molecule has 1 radical (unpaired) electrons. The number of hydrogen-bond acceptors (Lipinski definition) is 2. The number of nitrogens with zero attached hydrogens (tertiary/aromatic N) is 1. The number of ether oxygens (including phenoxy) is 1. The van der Waals surface area contributed by atoms with Crippen molar-refractivity contribution < 1.29 is 9.94 Å². The maximum absolute atomic E-state index is 11.4. The highest BCUT2D eigenvalue weighted by atomic mass is 16.6. The van der Waals surface area contributed by atoms with Crippen molar-refractivity contribution in [3.8, 4) is 0 Å². The second-order valence-corrected chi connectivity index (χ2v) is 3.59. The third-order valence-corrected chi connectivity index (χ3v) is 2.22. The summed E-state index contributed by atoms with van der Waals surface area (Å²) in [6.07, 6.45) is 1.60. The Morgan fingerprint density at radius 2 is 2.27 bits per heavy atom. The fraction of sp³-hybridized carbons (Fsp3) is 1.00. The minimum atomic E-state index is -0.222. The molecule has 11 heavy (non-hydrogen) atoms. The molecule has 0 amide bonds. The summed E-state index contributed by atoms with van der Waals surface area (Å²) in [5, 5.41) is 12.5. The average molecular weight is 158 g/mol. The zero-order valence-corrected chi connectivity index (χ0v) is 7.46. The molecule has 0 aromatic carbocycles. The second-order valence-electron chi connectivity index (χ2n) is 3.59. The van der Waals surface area contributed by atoms with Gasteiger partial charge in [0.15, 0.2) is 0 Å². The summed E-state index contributed by atoms with van der Waals surface area (Å²) in [7, 11) is 0. The van der Waals surface area contributed by atoms with Gasteiger partial charge in [-0.1, -0.05) is 0 Å². The first-order valence-electron chi connectivity index (χ1n) is 4.16. The summed E-state index contributed by atoms with van der Waals surface area (Å²) in [5.74, 6) is 0. The van der Waals surface area contributed by atoms with Crippen molar-refractivity contribution in [3.63, 3.8) is 0 Å². The first-order chi connectivity index (χ1) is 5.08. The van der Waals surface area contributed by atoms with E-state index in [4.69, 9.17) is 4.74 Å². The predicted octanol–water partition coefficient (Wildman–Crippen LogP) is 1.57. The largest absolute Gasteiger partial charge is 0.361 e. The molecule has 1 fully saturated rings. The third kappa shape index (κ3) is 1.72. The fourth-order valence-corrected chi connectivity index (χ4v) is 1.44. The smallest absolute Gasteiger partial charge is 0.136 e. The van der Waals surface area contributed by atoms with Gasteiger partial charge in [-0.15, -0.1) is 10.3 Å². The van der Waals surface area contributed by atoms with Crippen LogP contribution in [-0.2, 0) is 9.94 Å². The topological polar surface area (TPSA) is 32.4 Å². The molecule has 65 valence electrons. The monoisotopic (exact) mass is 158 g/mol. The van der Waals surface area contributed by atoms with Crippen molar-refractivity contribution in [2.45, 2.75) is 45.4 Å². The van der Waals surface area contributed by atoms with E-state index >= 15 is 0 Å². The number of rotatable bonds is 2. The van der Waals surface area contributed by atoms with Crippen molar-refractivity contribution in [3.05, 3.63) is 0 Å². The Morgan fingerprint density at radius 1 is 1.64 bits per heavy atom. The summed E-state index contributed by atoms with van der Waals surface area (Å²) in [5.41, 5.74) is -0.222. The Bertz CT molecular complexity index is 136. The van der Waals surface area contributed by atoms with Crippen LogP contribution in [0, 0.1) is 0 Å². The van der Waals surface area contributed by atoms with Crippen LogP contribution in [0.5, 0.6) is 0 Å². The van der Waals surface area contributed by atoms with Crippen LogP contribution in [-0.4, -0.2) is 23.4 Å². The molecule has 1 heterocycles. The molecular formula is C8H16NO2. The standard InChI is InChI=1S/C8H16NO2/c1-4-11-7-5-6-8(2,3)9(7)10/h7H,4-6H2,1-3H3. The molecule has 0 spiro atoms. The van der Waals surface area contributed by atoms with Crippen LogP contribution in [0.3, 0.4) is 0 Å². The van der Waals surface area contributed by atoms with E-state index in [9.17, 15) is 5.21 Å². The van der Waals surface area contributed by atoms with Gasteiger partial charge >= 0.3 is 0 Å².